The summed E-state index contributed by atoms with van der Waals surface area (Å²) in [6, 6.07) is 0. The van der Waals surface area contributed by atoms with Crippen molar-refractivity contribution in [2.75, 3.05) is 13.2 Å². The fraction of sp³-hybridized carbons (Fsp3) is 0.923. The fourth-order valence-electron chi connectivity index (χ4n) is 1.06. The van der Waals surface area contributed by atoms with E-state index in [4.69, 9.17) is 14.5 Å². The van der Waals surface area contributed by atoms with Gasteiger partial charge in [0.15, 0.2) is 0 Å². The summed E-state index contributed by atoms with van der Waals surface area (Å²) in [7, 11) is 0. The van der Waals surface area contributed by atoms with E-state index in [-0.39, 0.29) is 11.6 Å². The predicted molar refractivity (Wildman–Crippen MR) is 66.5 cm³/mol. The van der Waals surface area contributed by atoms with Gasteiger partial charge in [-0.3, -0.25) is 4.79 Å². The first kappa shape index (κ1) is 16.4. The van der Waals surface area contributed by atoms with Crippen LogP contribution >= 0.6 is 0 Å². The smallest absolute Gasteiger partial charge is 0.305 e. The first-order valence-electron chi connectivity index (χ1n) is 6.42. The van der Waals surface area contributed by atoms with Gasteiger partial charge in [0.2, 0.25) is 0 Å². The minimum Gasteiger partial charge on any atom is -0.466 e. The Labute approximate surface area is 105 Å². The summed E-state index contributed by atoms with van der Waals surface area (Å²) in [6.07, 6.45) is 4.09. The molecule has 0 aromatic heterocycles. The zero-order chi connectivity index (χ0) is 13.1. The van der Waals surface area contributed by atoms with Crippen molar-refractivity contribution in [1.29, 1.82) is 0 Å². The Hall–Kier alpha value is -0.610. The van der Waals surface area contributed by atoms with Crippen LogP contribution in [0.5, 0.6) is 0 Å². The van der Waals surface area contributed by atoms with Crippen molar-refractivity contribution in [3.05, 3.63) is 0 Å². The molecule has 4 heteroatoms. The SMILES string of the molecule is CCCCC(=O)OCCCCOOC(C)(C)C. The van der Waals surface area contributed by atoms with Gasteiger partial charge in [0, 0.05) is 6.42 Å². The third kappa shape index (κ3) is 13.3. The molecule has 0 heterocycles. The van der Waals surface area contributed by atoms with Crippen LogP contribution in [0.4, 0.5) is 0 Å². The Morgan fingerprint density at radius 2 is 1.71 bits per heavy atom. The number of unbranched alkanes of at least 4 members (excludes halogenated alkanes) is 2. The van der Waals surface area contributed by atoms with Gasteiger partial charge in [-0.1, -0.05) is 13.3 Å². The van der Waals surface area contributed by atoms with E-state index in [1.54, 1.807) is 0 Å². The van der Waals surface area contributed by atoms with Crippen LogP contribution in [-0.4, -0.2) is 24.8 Å². The number of ether oxygens (including phenoxy) is 1. The molecule has 0 aromatic rings. The molecule has 0 aliphatic heterocycles. The van der Waals surface area contributed by atoms with E-state index in [0.717, 1.165) is 25.7 Å². The van der Waals surface area contributed by atoms with E-state index in [1.807, 2.05) is 20.8 Å². The lowest BCUT2D eigenvalue weighted by molar-refractivity contribution is -0.348. The summed E-state index contributed by atoms with van der Waals surface area (Å²) in [5.74, 6) is -0.0984. The van der Waals surface area contributed by atoms with Crippen molar-refractivity contribution < 1.29 is 19.3 Å². The highest BCUT2D eigenvalue weighted by Crippen LogP contribution is 2.07. The van der Waals surface area contributed by atoms with E-state index >= 15 is 0 Å². The first-order valence-corrected chi connectivity index (χ1v) is 6.42. The molecule has 0 radical (unpaired) electrons. The van der Waals surface area contributed by atoms with Crippen LogP contribution in [-0.2, 0) is 19.3 Å². The molecule has 0 saturated carbocycles. The monoisotopic (exact) mass is 246 g/mol. The van der Waals surface area contributed by atoms with Gasteiger partial charge in [-0.2, -0.15) is 0 Å². The third-order valence-corrected chi connectivity index (χ3v) is 1.93. The molecule has 0 rings (SSSR count). The van der Waals surface area contributed by atoms with Gasteiger partial charge in [-0.25, -0.2) is 9.78 Å². The van der Waals surface area contributed by atoms with Crippen molar-refractivity contribution in [1.82, 2.24) is 0 Å². The molecular weight excluding hydrogens is 220 g/mol. The molecule has 0 saturated heterocycles. The standard InChI is InChI=1S/C13H26O4/c1-5-6-9-12(14)15-10-7-8-11-16-17-13(2,3)4/h5-11H2,1-4H3. The van der Waals surface area contributed by atoms with E-state index in [1.165, 1.54) is 0 Å². The molecule has 0 aliphatic rings. The fourth-order valence-corrected chi connectivity index (χ4v) is 1.06. The van der Waals surface area contributed by atoms with Crippen LogP contribution in [0.3, 0.4) is 0 Å². The Morgan fingerprint density at radius 1 is 1.06 bits per heavy atom. The highest BCUT2D eigenvalue weighted by molar-refractivity contribution is 5.69. The zero-order valence-corrected chi connectivity index (χ0v) is 11.6. The average molecular weight is 246 g/mol. The van der Waals surface area contributed by atoms with Crippen LogP contribution in [0.15, 0.2) is 0 Å². The molecule has 102 valence electrons. The molecule has 0 aromatic carbocycles. The minimum atomic E-state index is -0.271. The van der Waals surface area contributed by atoms with Crippen molar-refractivity contribution in [3.63, 3.8) is 0 Å². The molecule has 0 N–H and O–H groups in total. The highest BCUT2D eigenvalue weighted by Gasteiger charge is 2.10. The molecule has 4 nitrogen and oxygen atoms in total. The molecule has 0 aliphatic carbocycles. The number of esters is 1. The molecule has 0 spiro atoms. The van der Waals surface area contributed by atoms with Crippen LogP contribution in [0.1, 0.15) is 59.8 Å². The molecule has 0 atom stereocenters. The second-order valence-electron chi connectivity index (χ2n) is 5.05. The lowest BCUT2D eigenvalue weighted by atomic mass is 10.2. The number of rotatable bonds is 9. The van der Waals surface area contributed by atoms with Gasteiger partial charge in [-0.15, -0.1) is 0 Å². The van der Waals surface area contributed by atoms with E-state index in [2.05, 4.69) is 6.92 Å². The normalized spacial score (nSPS) is 11.5. The minimum absolute atomic E-state index is 0.0984. The van der Waals surface area contributed by atoms with E-state index < -0.39 is 0 Å². The van der Waals surface area contributed by atoms with Gasteiger partial charge < -0.3 is 4.74 Å². The maximum absolute atomic E-state index is 11.1. The predicted octanol–water partition coefficient (Wildman–Crippen LogP) is 3.25. The molecule has 0 unspecified atom stereocenters. The van der Waals surface area contributed by atoms with Crippen LogP contribution in [0.2, 0.25) is 0 Å². The quantitative estimate of drug-likeness (QED) is 0.271. The number of carbonyl (C=O) groups excluding carboxylic acids is 1. The summed E-state index contributed by atoms with van der Waals surface area (Å²) < 4.78 is 5.06. The van der Waals surface area contributed by atoms with E-state index in [0.29, 0.717) is 19.6 Å². The third-order valence-electron chi connectivity index (χ3n) is 1.93. The largest absolute Gasteiger partial charge is 0.466 e. The highest BCUT2D eigenvalue weighted by atomic mass is 17.2. The van der Waals surface area contributed by atoms with Crippen LogP contribution in [0.25, 0.3) is 0 Å². The second-order valence-corrected chi connectivity index (χ2v) is 5.05. The summed E-state index contributed by atoms with van der Waals surface area (Å²) in [5.41, 5.74) is -0.271. The van der Waals surface area contributed by atoms with Gasteiger partial charge in [0.25, 0.3) is 0 Å². The Bertz CT molecular complexity index is 196. The Morgan fingerprint density at radius 3 is 2.29 bits per heavy atom. The molecule has 0 fully saturated rings. The summed E-state index contributed by atoms with van der Waals surface area (Å²) in [5, 5.41) is 0. The topological polar surface area (TPSA) is 44.8 Å². The van der Waals surface area contributed by atoms with E-state index in [9.17, 15) is 4.79 Å². The van der Waals surface area contributed by atoms with Crippen molar-refractivity contribution >= 4 is 5.97 Å². The lowest BCUT2D eigenvalue weighted by Gasteiger charge is -2.17. The Kier molecular flexibility index (Phi) is 9.09. The van der Waals surface area contributed by atoms with Crippen LogP contribution < -0.4 is 0 Å². The lowest BCUT2D eigenvalue weighted by Crippen LogP contribution is -2.19. The summed E-state index contributed by atoms with van der Waals surface area (Å²) in [4.78, 5) is 21.3. The maximum atomic E-state index is 11.1. The second kappa shape index (κ2) is 9.42. The summed E-state index contributed by atoms with van der Waals surface area (Å²) >= 11 is 0. The van der Waals surface area contributed by atoms with Gasteiger partial charge >= 0.3 is 5.97 Å². The molecule has 0 amide bonds. The van der Waals surface area contributed by atoms with Crippen molar-refractivity contribution in [3.8, 4) is 0 Å². The number of hydrogen-bond acceptors (Lipinski definition) is 4. The first-order chi connectivity index (χ1) is 7.95. The maximum Gasteiger partial charge on any atom is 0.305 e. The number of hydrogen-bond donors (Lipinski definition) is 0. The average Bonchev–Trinajstić information content (AvgIpc) is 2.23. The van der Waals surface area contributed by atoms with Gasteiger partial charge in [0.1, 0.15) is 0 Å². The number of carbonyl (C=O) groups is 1. The molecule has 0 bridgehead atoms. The van der Waals surface area contributed by atoms with Crippen LogP contribution in [0, 0.1) is 0 Å². The Balaban J connectivity index is 3.21. The molecular formula is C13H26O4. The van der Waals surface area contributed by atoms with Gasteiger partial charge in [-0.05, 0) is 40.0 Å². The van der Waals surface area contributed by atoms with Crippen molar-refractivity contribution in [2.24, 2.45) is 0 Å². The van der Waals surface area contributed by atoms with Gasteiger partial charge in [0.05, 0.1) is 18.8 Å². The molecule has 17 heavy (non-hydrogen) atoms. The zero-order valence-electron chi connectivity index (χ0n) is 11.6. The summed E-state index contributed by atoms with van der Waals surface area (Å²) in [6.45, 7) is 8.86. The van der Waals surface area contributed by atoms with Crippen molar-refractivity contribution in [2.45, 2.75) is 65.4 Å².